The molecule has 0 aromatic carbocycles. The second-order valence-corrected chi connectivity index (χ2v) is 3.75. The molecule has 1 N–H and O–H groups in total. The number of nitrogens with zero attached hydrogens (tertiary/aromatic N) is 2. The van der Waals surface area contributed by atoms with Gasteiger partial charge in [-0.15, -0.1) is 0 Å². The summed E-state index contributed by atoms with van der Waals surface area (Å²) in [5.74, 6) is 0.608. The number of hydrogen-bond acceptors (Lipinski definition) is 3. The van der Waals surface area contributed by atoms with Gasteiger partial charge in [0.25, 0.3) is 0 Å². The molecule has 1 saturated heterocycles. The van der Waals surface area contributed by atoms with Crippen LogP contribution in [-0.4, -0.2) is 40.3 Å². The van der Waals surface area contributed by atoms with Gasteiger partial charge < -0.3 is 14.7 Å². The third-order valence-electron chi connectivity index (χ3n) is 2.64. The summed E-state index contributed by atoms with van der Waals surface area (Å²) in [6, 6.07) is 5.51. The largest absolute Gasteiger partial charge is 0.474 e. The Bertz CT molecular complexity index is 348. The normalized spacial score (nSPS) is 17.1. The van der Waals surface area contributed by atoms with Gasteiger partial charge in [0.2, 0.25) is 5.88 Å². The fourth-order valence-corrected chi connectivity index (χ4v) is 1.75. The van der Waals surface area contributed by atoms with Gasteiger partial charge in [0, 0.05) is 38.2 Å². The van der Waals surface area contributed by atoms with E-state index in [1.54, 1.807) is 6.20 Å². The van der Waals surface area contributed by atoms with E-state index >= 15 is 0 Å². The van der Waals surface area contributed by atoms with E-state index in [1.165, 1.54) is 4.90 Å². The predicted octanol–water partition coefficient (Wildman–Crippen LogP) is 1.60. The molecule has 0 unspecified atom stereocenters. The fraction of sp³-hybridized carbons (Fsp3) is 0.455. The SMILES string of the molecule is O=C(O)N1CCC(Oc2ccccn2)CC1. The highest BCUT2D eigenvalue weighted by atomic mass is 16.5. The van der Waals surface area contributed by atoms with Crippen molar-refractivity contribution >= 4 is 6.09 Å². The Morgan fingerprint density at radius 1 is 1.44 bits per heavy atom. The van der Waals surface area contributed by atoms with Crippen LogP contribution in [0.15, 0.2) is 24.4 Å². The highest BCUT2D eigenvalue weighted by Gasteiger charge is 2.23. The molecule has 1 aliphatic rings. The van der Waals surface area contributed by atoms with Gasteiger partial charge in [-0.3, -0.25) is 0 Å². The number of carboxylic acid groups (broad SMARTS) is 1. The fourth-order valence-electron chi connectivity index (χ4n) is 1.75. The summed E-state index contributed by atoms with van der Waals surface area (Å²) in [5.41, 5.74) is 0. The van der Waals surface area contributed by atoms with Crippen molar-refractivity contribution in [2.45, 2.75) is 18.9 Å². The summed E-state index contributed by atoms with van der Waals surface area (Å²) in [6.07, 6.45) is 2.36. The molecule has 1 amide bonds. The van der Waals surface area contributed by atoms with Crippen LogP contribution >= 0.6 is 0 Å². The Hall–Kier alpha value is -1.78. The van der Waals surface area contributed by atoms with Gasteiger partial charge in [-0.05, 0) is 6.07 Å². The van der Waals surface area contributed by atoms with Crippen LogP contribution in [0.2, 0.25) is 0 Å². The number of carbonyl (C=O) groups is 1. The van der Waals surface area contributed by atoms with Gasteiger partial charge in [-0.2, -0.15) is 0 Å². The minimum absolute atomic E-state index is 0.0745. The van der Waals surface area contributed by atoms with E-state index in [-0.39, 0.29) is 6.10 Å². The molecule has 1 aromatic rings. The molecule has 5 heteroatoms. The molecule has 2 rings (SSSR count). The van der Waals surface area contributed by atoms with Crippen LogP contribution in [0.5, 0.6) is 5.88 Å². The lowest BCUT2D eigenvalue weighted by molar-refractivity contribution is 0.0871. The first-order chi connectivity index (χ1) is 7.75. The summed E-state index contributed by atoms with van der Waals surface area (Å²) in [4.78, 5) is 16.2. The van der Waals surface area contributed by atoms with Crippen molar-refractivity contribution < 1.29 is 14.6 Å². The number of ether oxygens (including phenoxy) is 1. The maximum atomic E-state index is 10.7. The molecule has 16 heavy (non-hydrogen) atoms. The number of amides is 1. The van der Waals surface area contributed by atoms with Crippen molar-refractivity contribution in [1.82, 2.24) is 9.88 Å². The first-order valence-corrected chi connectivity index (χ1v) is 5.31. The van der Waals surface area contributed by atoms with E-state index in [0.29, 0.717) is 19.0 Å². The number of likely N-dealkylation sites (tertiary alicyclic amines) is 1. The zero-order valence-electron chi connectivity index (χ0n) is 8.87. The molecule has 1 fully saturated rings. The Labute approximate surface area is 93.7 Å². The monoisotopic (exact) mass is 222 g/mol. The first kappa shape index (κ1) is 10.7. The molecule has 0 saturated carbocycles. The second kappa shape index (κ2) is 4.83. The van der Waals surface area contributed by atoms with E-state index in [2.05, 4.69) is 4.98 Å². The summed E-state index contributed by atoms with van der Waals surface area (Å²) >= 11 is 0. The number of aromatic nitrogens is 1. The van der Waals surface area contributed by atoms with Gasteiger partial charge in [0.1, 0.15) is 6.10 Å². The lowest BCUT2D eigenvalue weighted by Crippen LogP contribution is -2.41. The van der Waals surface area contributed by atoms with Crippen LogP contribution in [0.25, 0.3) is 0 Å². The predicted molar refractivity (Wildman–Crippen MR) is 57.5 cm³/mol. The molecule has 1 aromatic heterocycles. The van der Waals surface area contributed by atoms with Gasteiger partial charge >= 0.3 is 6.09 Å². The number of pyridine rings is 1. The summed E-state index contributed by atoms with van der Waals surface area (Å²) in [6.45, 7) is 1.07. The zero-order chi connectivity index (χ0) is 11.4. The smallest absolute Gasteiger partial charge is 0.407 e. The number of hydrogen-bond donors (Lipinski definition) is 1. The standard InChI is InChI=1S/C11H14N2O3/c14-11(15)13-7-4-9(5-8-13)16-10-3-1-2-6-12-10/h1-3,6,9H,4-5,7-8H2,(H,14,15). The van der Waals surface area contributed by atoms with Crippen molar-refractivity contribution in [2.75, 3.05) is 13.1 Å². The number of piperidine rings is 1. The van der Waals surface area contributed by atoms with E-state index in [0.717, 1.165) is 12.8 Å². The van der Waals surface area contributed by atoms with E-state index in [1.807, 2.05) is 18.2 Å². The van der Waals surface area contributed by atoms with Crippen LogP contribution in [0.3, 0.4) is 0 Å². The Morgan fingerprint density at radius 3 is 2.75 bits per heavy atom. The van der Waals surface area contributed by atoms with E-state index < -0.39 is 6.09 Å². The Morgan fingerprint density at radius 2 is 2.19 bits per heavy atom. The quantitative estimate of drug-likeness (QED) is 0.825. The molecular weight excluding hydrogens is 208 g/mol. The second-order valence-electron chi connectivity index (χ2n) is 3.75. The minimum Gasteiger partial charge on any atom is -0.474 e. The molecule has 5 nitrogen and oxygen atoms in total. The molecule has 1 aliphatic heterocycles. The maximum Gasteiger partial charge on any atom is 0.407 e. The molecule has 0 radical (unpaired) electrons. The highest BCUT2D eigenvalue weighted by molar-refractivity contribution is 5.65. The van der Waals surface area contributed by atoms with Crippen molar-refractivity contribution in [3.8, 4) is 5.88 Å². The average molecular weight is 222 g/mol. The third-order valence-corrected chi connectivity index (χ3v) is 2.64. The van der Waals surface area contributed by atoms with Crippen molar-refractivity contribution in [2.24, 2.45) is 0 Å². The molecular formula is C11H14N2O3. The zero-order valence-corrected chi connectivity index (χ0v) is 8.87. The Kier molecular flexibility index (Phi) is 3.24. The molecule has 0 spiro atoms. The lowest BCUT2D eigenvalue weighted by atomic mass is 10.1. The summed E-state index contributed by atoms with van der Waals surface area (Å²) in [7, 11) is 0. The lowest BCUT2D eigenvalue weighted by Gasteiger charge is -2.29. The minimum atomic E-state index is -0.851. The molecule has 2 heterocycles. The van der Waals surface area contributed by atoms with Gasteiger partial charge in [-0.1, -0.05) is 6.07 Å². The van der Waals surface area contributed by atoms with Gasteiger partial charge in [0.15, 0.2) is 0 Å². The van der Waals surface area contributed by atoms with Crippen LogP contribution in [0, 0.1) is 0 Å². The summed E-state index contributed by atoms with van der Waals surface area (Å²) in [5, 5.41) is 8.79. The number of rotatable bonds is 2. The van der Waals surface area contributed by atoms with E-state index in [4.69, 9.17) is 9.84 Å². The van der Waals surface area contributed by atoms with Crippen molar-refractivity contribution in [1.29, 1.82) is 0 Å². The van der Waals surface area contributed by atoms with Crippen LogP contribution < -0.4 is 4.74 Å². The first-order valence-electron chi connectivity index (χ1n) is 5.31. The van der Waals surface area contributed by atoms with Crippen LogP contribution in [0.4, 0.5) is 4.79 Å². The molecule has 0 atom stereocenters. The molecule has 86 valence electrons. The summed E-state index contributed by atoms with van der Waals surface area (Å²) < 4.78 is 5.65. The Balaban J connectivity index is 1.84. The molecule has 0 aliphatic carbocycles. The van der Waals surface area contributed by atoms with Crippen LogP contribution in [0.1, 0.15) is 12.8 Å². The van der Waals surface area contributed by atoms with Gasteiger partial charge in [0.05, 0.1) is 0 Å². The van der Waals surface area contributed by atoms with Crippen molar-refractivity contribution in [3.63, 3.8) is 0 Å². The topological polar surface area (TPSA) is 62.7 Å². The molecule has 0 bridgehead atoms. The van der Waals surface area contributed by atoms with Crippen LogP contribution in [-0.2, 0) is 0 Å². The third kappa shape index (κ3) is 2.62. The van der Waals surface area contributed by atoms with E-state index in [9.17, 15) is 4.79 Å². The van der Waals surface area contributed by atoms with Gasteiger partial charge in [-0.25, -0.2) is 9.78 Å². The average Bonchev–Trinajstić information content (AvgIpc) is 2.31. The highest BCUT2D eigenvalue weighted by Crippen LogP contribution is 2.16. The maximum absolute atomic E-state index is 10.7. The van der Waals surface area contributed by atoms with Crippen molar-refractivity contribution in [3.05, 3.63) is 24.4 Å².